The van der Waals surface area contributed by atoms with Crippen LogP contribution in [0, 0.1) is 0 Å². The number of carbonyl (C=O) groups excluding carboxylic acids is 1. The molecule has 2 aromatic heterocycles. The number of hydrogen-bond donors (Lipinski definition) is 2. The number of H-pyrrole nitrogens is 1. The van der Waals surface area contributed by atoms with Gasteiger partial charge in [0.05, 0.1) is 25.5 Å². The van der Waals surface area contributed by atoms with Crippen LogP contribution in [-0.4, -0.2) is 59.8 Å². The summed E-state index contributed by atoms with van der Waals surface area (Å²) < 4.78 is 21.7. The number of nitrogens with one attached hydrogen (secondary N) is 1. The van der Waals surface area contributed by atoms with E-state index in [1.807, 2.05) is 6.92 Å². The van der Waals surface area contributed by atoms with Gasteiger partial charge in [0.25, 0.3) is 5.91 Å². The summed E-state index contributed by atoms with van der Waals surface area (Å²) in [5, 5.41) is 17.3. The molecule has 1 aromatic carbocycles. The average Bonchev–Trinajstić information content (AvgIpc) is 3.47. The fourth-order valence-corrected chi connectivity index (χ4v) is 3.71. The lowest BCUT2D eigenvalue weighted by molar-refractivity contribution is -0.113. The summed E-state index contributed by atoms with van der Waals surface area (Å²) in [4.78, 5) is 14.9. The van der Waals surface area contributed by atoms with Crippen LogP contribution in [0.2, 0.25) is 0 Å². The minimum Gasteiger partial charge on any atom is -0.504 e. The number of methoxy groups -OCH3 is 2. The van der Waals surface area contributed by atoms with Crippen molar-refractivity contribution in [2.24, 2.45) is 0 Å². The first-order valence-electron chi connectivity index (χ1n) is 9.53. The van der Waals surface area contributed by atoms with Gasteiger partial charge in [0.1, 0.15) is 5.69 Å². The van der Waals surface area contributed by atoms with Gasteiger partial charge >= 0.3 is 0 Å². The number of furan rings is 1. The number of phenolic OH excluding ortho intramolecular Hbond substituents is 1. The van der Waals surface area contributed by atoms with Crippen molar-refractivity contribution in [3.8, 4) is 23.0 Å². The Morgan fingerprint density at radius 1 is 1.30 bits per heavy atom. The molecule has 0 saturated heterocycles. The maximum Gasteiger partial charge on any atom is 0.275 e. The van der Waals surface area contributed by atoms with E-state index in [1.54, 1.807) is 41.5 Å². The molecule has 3 heterocycles. The Bertz CT molecular complexity index is 1030. The molecule has 1 unspecified atom stereocenters. The summed E-state index contributed by atoms with van der Waals surface area (Å²) in [6.45, 7) is 2.42. The third-order valence-electron chi connectivity index (χ3n) is 5.09. The highest BCUT2D eigenvalue weighted by atomic mass is 16.7. The Balaban J connectivity index is 1.85. The van der Waals surface area contributed by atoms with Crippen LogP contribution in [0.3, 0.4) is 0 Å². The summed E-state index contributed by atoms with van der Waals surface area (Å²) >= 11 is 0. The highest BCUT2D eigenvalue weighted by molar-refractivity contribution is 6.00. The Kier molecular flexibility index (Phi) is 5.47. The highest BCUT2D eigenvalue weighted by Gasteiger charge is 2.44. The number of phenols is 1. The number of fused-ring (bicyclic) bond motifs is 1. The standard InChI is InChI=1S/C21H23N3O6/c1-4-29-15-10-12(7-8-13(15)25)20-17-18(14-6-5-9-30-14)22-23-19(17)21(26)24(20)11-16(27-2)28-3/h5-10,16,20,25H,4,11H2,1-3H3,(H,22,23). The topological polar surface area (TPSA) is 110 Å². The molecule has 0 radical (unpaired) electrons. The van der Waals surface area contributed by atoms with Crippen LogP contribution in [0.4, 0.5) is 0 Å². The number of hydrogen-bond acceptors (Lipinski definition) is 7. The summed E-state index contributed by atoms with van der Waals surface area (Å²) in [7, 11) is 3.04. The van der Waals surface area contributed by atoms with Crippen molar-refractivity contribution in [2.75, 3.05) is 27.4 Å². The molecule has 1 amide bonds. The van der Waals surface area contributed by atoms with Gasteiger partial charge in [0.15, 0.2) is 29.2 Å². The van der Waals surface area contributed by atoms with Gasteiger partial charge in [-0.1, -0.05) is 6.07 Å². The molecule has 1 aliphatic rings. The van der Waals surface area contributed by atoms with Gasteiger partial charge in [-0.2, -0.15) is 5.10 Å². The molecule has 4 rings (SSSR count). The molecule has 0 spiro atoms. The molecule has 9 heteroatoms. The first kappa shape index (κ1) is 20.0. The zero-order chi connectivity index (χ0) is 21.3. The lowest BCUT2D eigenvalue weighted by Crippen LogP contribution is -2.38. The fourth-order valence-electron chi connectivity index (χ4n) is 3.71. The number of aromatic hydroxyl groups is 1. The normalized spacial score (nSPS) is 15.8. The van der Waals surface area contributed by atoms with Crippen LogP contribution in [0.25, 0.3) is 11.5 Å². The van der Waals surface area contributed by atoms with Crippen LogP contribution < -0.4 is 4.74 Å². The molecule has 0 aliphatic carbocycles. The van der Waals surface area contributed by atoms with Crippen LogP contribution in [0.1, 0.15) is 34.6 Å². The fraction of sp³-hybridized carbons (Fsp3) is 0.333. The van der Waals surface area contributed by atoms with Gasteiger partial charge < -0.3 is 28.6 Å². The van der Waals surface area contributed by atoms with Crippen molar-refractivity contribution < 1.29 is 28.5 Å². The summed E-state index contributed by atoms with van der Waals surface area (Å²) in [5.41, 5.74) is 2.37. The van der Waals surface area contributed by atoms with Crippen LogP contribution >= 0.6 is 0 Å². The third kappa shape index (κ3) is 3.31. The van der Waals surface area contributed by atoms with Gasteiger partial charge in [0, 0.05) is 19.8 Å². The van der Waals surface area contributed by atoms with Gasteiger partial charge in [-0.05, 0) is 36.8 Å². The van der Waals surface area contributed by atoms with E-state index in [1.165, 1.54) is 14.2 Å². The number of ether oxygens (including phenoxy) is 3. The smallest absolute Gasteiger partial charge is 0.275 e. The van der Waals surface area contributed by atoms with Crippen molar-refractivity contribution in [2.45, 2.75) is 19.3 Å². The third-order valence-corrected chi connectivity index (χ3v) is 5.09. The van der Waals surface area contributed by atoms with Gasteiger partial charge in [-0.3, -0.25) is 9.89 Å². The maximum atomic E-state index is 13.2. The van der Waals surface area contributed by atoms with Gasteiger partial charge in [0.2, 0.25) is 0 Å². The number of aromatic amines is 1. The molecule has 2 N–H and O–H groups in total. The van der Waals surface area contributed by atoms with E-state index in [9.17, 15) is 9.90 Å². The Labute approximate surface area is 173 Å². The van der Waals surface area contributed by atoms with Crippen molar-refractivity contribution in [1.29, 1.82) is 0 Å². The lowest BCUT2D eigenvalue weighted by Gasteiger charge is -2.29. The van der Waals surface area contributed by atoms with E-state index in [2.05, 4.69) is 10.2 Å². The SMILES string of the molecule is CCOc1cc(C2c3c(n[nH]c3-c3ccco3)C(=O)N2CC(OC)OC)ccc1O. The zero-order valence-electron chi connectivity index (χ0n) is 16.9. The van der Waals surface area contributed by atoms with E-state index >= 15 is 0 Å². The molecular formula is C21H23N3O6. The average molecular weight is 413 g/mol. The Hall–Kier alpha value is -3.30. The van der Waals surface area contributed by atoms with E-state index in [0.717, 1.165) is 5.56 Å². The largest absolute Gasteiger partial charge is 0.504 e. The predicted molar refractivity (Wildman–Crippen MR) is 106 cm³/mol. The highest BCUT2D eigenvalue weighted by Crippen LogP contribution is 2.44. The minimum atomic E-state index is -0.611. The van der Waals surface area contributed by atoms with Crippen LogP contribution in [0.15, 0.2) is 41.0 Å². The predicted octanol–water partition coefficient (Wildman–Crippen LogP) is 2.94. The van der Waals surface area contributed by atoms with Gasteiger partial charge in [-0.15, -0.1) is 0 Å². The number of aromatic nitrogens is 2. The summed E-state index contributed by atoms with van der Waals surface area (Å²) in [6.07, 6.45) is 0.950. The second kappa shape index (κ2) is 8.21. The van der Waals surface area contributed by atoms with E-state index in [0.29, 0.717) is 35.1 Å². The van der Waals surface area contributed by atoms with Crippen molar-refractivity contribution in [1.82, 2.24) is 15.1 Å². The molecule has 1 aliphatic heterocycles. The van der Waals surface area contributed by atoms with Crippen molar-refractivity contribution in [3.05, 3.63) is 53.4 Å². The Morgan fingerprint density at radius 2 is 2.10 bits per heavy atom. The van der Waals surface area contributed by atoms with E-state index < -0.39 is 12.3 Å². The number of nitrogens with zero attached hydrogens (tertiary/aromatic N) is 2. The van der Waals surface area contributed by atoms with Gasteiger partial charge in [-0.25, -0.2) is 0 Å². The maximum absolute atomic E-state index is 13.2. The molecule has 3 aromatic rings. The first-order valence-corrected chi connectivity index (χ1v) is 9.53. The van der Waals surface area contributed by atoms with E-state index in [-0.39, 0.29) is 18.2 Å². The molecule has 9 nitrogen and oxygen atoms in total. The molecule has 1 atom stereocenters. The van der Waals surface area contributed by atoms with Crippen molar-refractivity contribution >= 4 is 5.91 Å². The zero-order valence-corrected chi connectivity index (χ0v) is 16.9. The second-order valence-corrected chi connectivity index (χ2v) is 6.76. The molecule has 0 saturated carbocycles. The van der Waals surface area contributed by atoms with Crippen LogP contribution in [-0.2, 0) is 9.47 Å². The quantitative estimate of drug-likeness (QED) is 0.546. The van der Waals surface area contributed by atoms with Crippen molar-refractivity contribution in [3.63, 3.8) is 0 Å². The number of rotatable bonds is 8. The summed E-state index contributed by atoms with van der Waals surface area (Å²) in [5.74, 6) is 0.687. The minimum absolute atomic E-state index is 0.0295. The van der Waals surface area contributed by atoms with Crippen LogP contribution in [0.5, 0.6) is 11.5 Å². The summed E-state index contributed by atoms with van der Waals surface area (Å²) in [6, 6.07) is 8.11. The molecule has 158 valence electrons. The monoisotopic (exact) mass is 413 g/mol. The molecule has 30 heavy (non-hydrogen) atoms. The number of carbonyl (C=O) groups is 1. The molecular weight excluding hydrogens is 390 g/mol. The number of amides is 1. The number of benzene rings is 1. The molecule has 0 fully saturated rings. The molecule has 0 bridgehead atoms. The Morgan fingerprint density at radius 3 is 2.77 bits per heavy atom. The first-order chi connectivity index (χ1) is 14.6. The second-order valence-electron chi connectivity index (χ2n) is 6.76. The van der Waals surface area contributed by atoms with E-state index in [4.69, 9.17) is 18.6 Å². The lowest BCUT2D eigenvalue weighted by atomic mass is 9.97.